The van der Waals surface area contributed by atoms with Crippen LogP contribution in [0.1, 0.15) is 39.8 Å². The summed E-state index contributed by atoms with van der Waals surface area (Å²) in [6.07, 6.45) is 1.79. The number of nitrogens with one attached hydrogen (secondary N) is 1. The smallest absolute Gasteiger partial charge is 0.261 e. The summed E-state index contributed by atoms with van der Waals surface area (Å²) in [7, 11) is 0. The van der Waals surface area contributed by atoms with E-state index in [1.54, 1.807) is 11.4 Å². The van der Waals surface area contributed by atoms with Crippen molar-refractivity contribution in [3.63, 3.8) is 0 Å². The van der Waals surface area contributed by atoms with E-state index in [0.717, 1.165) is 12.8 Å². The molecule has 0 aliphatic rings. The zero-order valence-corrected chi connectivity index (χ0v) is 11.3. The van der Waals surface area contributed by atoms with Crippen molar-refractivity contribution < 1.29 is 9.59 Å². The van der Waals surface area contributed by atoms with Crippen LogP contribution in [0, 0.1) is 0 Å². The maximum atomic E-state index is 11.6. The number of carbonyl (C=O) groups is 2. The molecule has 0 radical (unpaired) electrons. The fourth-order valence-corrected chi connectivity index (χ4v) is 2.06. The third-order valence-electron chi connectivity index (χ3n) is 2.15. The number of nitrogens with two attached hydrogens (primary N) is 1. The van der Waals surface area contributed by atoms with Crippen LogP contribution in [-0.2, 0) is 0 Å². The fourth-order valence-electron chi connectivity index (χ4n) is 1.20. The molecule has 17 heavy (non-hydrogen) atoms. The summed E-state index contributed by atoms with van der Waals surface area (Å²) in [4.78, 5) is 23.2. The first-order valence-corrected chi connectivity index (χ1v) is 6.11. The Hall–Kier alpha value is -0.910. The Morgan fingerprint density at radius 1 is 1.41 bits per heavy atom. The van der Waals surface area contributed by atoms with E-state index in [1.807, 2.05) is 0 Å². The highest BCUT2D eigenvalue weighted by molar-refractivity contribution is 7.12. The number of hydrogen-bond acceptors (Lipinski definition) is 4. The molecule has 0 saturated carbocycles. The fraction of sp³-hybridized carbons (Fsp3) is 0.455. The van der Waals surface area contributed by atoms with Gasteiger partial charge in [0.15, 0.2) is 5.78 Å². The zero-order chi connectivity index (χ0) is 12.0. The molecule has 0 atom stereocenters. The molecule has 0 spiro atoms. The van der Waals surface area contributed by atoms with Gasteiger partial charge in [-0.2, -0.15) is 0 Å². The quantitative estimate of drug-likeness (QED) is 0.615. The minimum absolute atomic E-state index is 0. The van der Waals surface area contributed by atoms with E-state index in [2.05, 4.69) is 5.32 Å². The predicted molar refractivity (Wildman–Crippen MR) is 72.2 cm³/mol. The van der Waals surface area contributed by atoms with Crippen molar-refractivity contribution in [1.82, 2.24) is 5.32 Å². The lowest BCUT2D eigenvalue weighted by atomic mass is 10.2. The Balaban J connectivity index is 0.00000256. The minimum atomic E-state index is -0.116. The van der Waals surface area contributed by atoms with Gasteiger partial charge in [0.1, 0.15) is 0 Å². The lowest BCUT2D eigenvalue weighted by Gasteiger charge is -2.01. The van der Waals surface area contributed by atoms with E-state index in [0.29, 0.717) is 23.5 Å². The molecule has 4 nitrogen and oxygen atoms in total. The molecule has 1 rings (SSSR count). The molecule has 1 amide bonds. The van der Waals surface area contributed by atoms with Gasteiger partial charge in [-0.15, -0.1) is 23.7 Å². The summed E-state index contributed by atoms with van der Waals surface area (Å²) < 4.78 is 0. The maximum Gasteiger partial charge on any atom is 0.261 e. The first-order chi connectivity index (χ1) is 7.65. The van der Waals surface area contributed by atoms with Crippen molar-refractivity contribution in [1.29, 1.82) is 0 Å². The summed E-state index contributed by atoms with van der Waals surface area (Å²) in [5, 5.41) is 4.50. The summed E-state index contributed by atoms with van der Waals surface area (Å²) in [6, 6.07) is 1.63. The topological polar surface area (TPSA) is 72.2 Å². The molecule has 1 aromatic rings. The van der Waals surface area contributed by atoms with Gasteiger partial charge >= 0.3 is 0 Å². The van der Waals surface area contributed by atoms with Crippen LogP contribution in [0.25, 0.3) is 0 Å². The average Bonchev–Trinajstić information content (AvgIpc) is 2.73. The standard InChI is InChI=1S/C11H16N2O2S.ClH/c1-8(14)9-6-10(16-7-9)11(15)13-5-3-2-4-12;/h6-7H,2-5,12H2,1H3,(H,13,15);1H. The van der Waals surface area contributed by atoms with Gasteiger partial charge in [-0.1, -0.05) is 0 Å². The van der Waals surface area contributed by atoms with E-state index in [1.165, 1.54) is 18.3 Å². The van der Waals surface area contributed by atoms with Crippen LogP contribution in [0.3, 0.4) is 0 Å². The number of hydrogen-bond donors (Lipinski definition) is 2. The third-order valence-corrected chi connectivity index (χ3v) is 3.08. The number of rotatable bonds is 6. The highest BCUT2D eigenvalue weighted by atomic mass is 35.5. The summed E-state index contributed by atoms with van der Waals surface area (Å²) >= 11 is 1.29. The normalized spacial score (nSPS) is 9.53. The number of carbonyl (C=O) groups excluding carboxylic acids is 2. The van der Waals surface area contributed by atoms with E-state index in [-0.39, 0.29) is 24.1 Å². The predicted octanol–water partition coefficient (Wildman–Crippen LogP) is 1.84. The van der Waals surface area contributed by atoms with Gasteiger partial charge in [-0.3, -0.25) is 9.59 Å². The second kappa shape index (κ2) is 8.22. The molecule has 6 heteroatoms. The van der Waals surface area contributed by atoms with Crippen molar-refractivity contribution in [3.8, 4) is 0 Å². The van der Waals surface area contributed by atoms with Crippen molar-refractivity contribution in [2.45, 2.75) is 19.8 Å². The summed E-state index contributed by atoms with van der Waals surface area (Å²) in [5.41, 5.74) is 5.94. The van der Waals surface area contributed by atoms with Gasteiger partial charge < -0.3 is 11.1 Å². The first-order valence-electron chi connectivity index (χ1n) is 5.23. The van der Waals surface area contributed by atoms with Gasteiger partial charge in [0.25, 0.3) is 5.91 Å². The number of unbranched alkanes of at least 4 members (excludes halogenated alkanes) is 1. The second-order valence-corrected chi connectivity index (χ2v) is 4.42. The van der Waals surface area contributed by atoms with Crippen molar-refractivity contribution in [2.75, 3.05) is 13.1 Å². The largest absolute Gasteiger partial charge is 0.351 e. The number of Topliss-reactive ketones (excluding diaryl/α,β-unsaturated/α-hetero) is 1. The van der Waals surface area contributed by atoms with Crippen molar-refractivity contribution >= 4 is 35.4 Å². The van der Waals surface area contributed by atoms with E-state index < -0.39 is 0 Å². The Kier molecular flexibility index (Phi) is 7.78. The second-order valence-electron chi connectivity index (χ2n) is 3.51. The van der Waals surface area contributed by atoms with Crippen LogP contribution in [0.15, 0.2) is 11.4 Å². The number of amides is 1. The molecule has 1 heterocycles. The van der Waals surface area contributed by atoms with Gasteiger partial charge in [0, 0.05) is 17.5 Å². The summed E-state index contributed by atoms with van der Waals surface area (Å²) in [6.45, 7) is 2.76. The molecule has 0 bridgehead atoms. The van der Waals surface area contributed by atoms with Crippen LogP contribution in [0.4, 0.5) is 0 Å². The minimum Gasteiger partial charge on any atom is -0.351 e. The zero-order valence-electron chi connectivity index (χ0n) is 9.69. The third kappa shape index (κ3) is 5.30. The molecule has 0 aliphatic heterocycles. The Morgan fingerprint density at radius 3 is 2.65 bits per heavy atom. The molecule has 0 fully saturated rings. The van der Waals surface area contributed by atoms with Crippen LogP contribution in [-0.4, -0.2) is 24.8 Å². The van der Waals surface area contributed by atoms with Gasteiger partial charge in [-0.05, 0) is 32.4 Å². The molecule has 0 saturated heterocycles. The van der Waals surface area contributed by atoms with Crippen LogP contribution in [0.2, 0.25) is 0 Å². The van der Waals surface area contributed by atoms with Crippen molar-refractivity contribution in [2.24, 2.45) is 5.73 Å². The van der Waals surface area contributed by atoms with Crippen LogP contribution < -0.4 is 11.1 Å². The Morgan fingerprint density at radius 2 is 2.12 bits per heavy atom. The van der Waals surface area contributed by atoms with Gasteiger partial charge in [0.2, 0.25) is 0 Å². The molecule has 0 unspecified atom stereocenters. The first kappa shape index (κ1) is 16.1. The van der Waals surface area contributed by atoms with Gasteiger partial charge in [0.05, 0.1) is 4.88 Å². The monoisotopic (exact) mass is 276 g/mol. The molecule has 0 aromatic carbocycles. The van der Waals surface area contributed by atoms with Gasteiger partial charge in [-0.25, -0.2) is 0 Å². The van der Waals surface area contributed by atoms with E-state index >= 15 is 0 Å². The van der Waals surface area contributed by atoms with Crippen molar-refractivity contribution in [3.05, 3.63) is 21.9 Å². The van der Waals surface area contributed by atoms with E-state index in [9.17, 15) is 9.59 Å². The summed E-state index contributed by atoms with van der Waals surface area (Å²) in [5.74, 6) is -0.132. The highest BCUT2D eigenvalue weighted by Gasteiger charge is 2.10. The lowest BCUT2D eigenvalue weighted by Crippen LogP contribution is -2.24. The van der Waals surface area contributed by atoms with Crippen LogP contribution in [0.5, 0.6) is 0 Å². The maximum absolute atomic E-state index is 11.6. The molecular weight excluding hydrogens is 260 g/mol. The average molecular weight is 277 g/mol. The SMILES string of the molecule is CC(=O)c1csc(C(=O)NCCCCN)c1.Cl. The number of thiophene rings is 1. The molecule has 96 valence electrons. The Labute approximate surface area is 111 Å². The van der Waals surface area contributed by atoms with Crippen LogP contribution >= 0.6 is 23.7 Å². The highest BCUT2D eigenvalue weighted by Crippen LogP contribution is 2.14. The molecule has 1 aromatic heterocycles. The van der Waals surface area contributed by atoms with E-state index in [4.69, 9.17) is 5.73 Å². The molecule has 0 aliphatic carbocycles. The number of ketones is 1. The number of halogens is 1. The molecule has 3 N–H and O–H groups in total. The lowest BCUT2D eigenvalue weighted by molar-refractivity contribution is 0.0957. The molecular formula is C11H17ClN2O2S. The Bertz CT molecular complexity index is 379.